The third-order valence-electron chi connectivity index (χ3n) is 0. The molecule has 0 aromatic carbocycles. The van der Waals surface area contributed by atoms with Crippen LogP contribution in [0.1, 0.15) is 0 Å². The number of hydrogen-bond acceptors (Lipinski definition) is 0. The van der Waals surface area contributed by atoms with Crippen LogP contribution in [0.4, 0.5) is 0 Å². The molecule has 0 atom stereocenters. The molecule has 0 heterocycles. The van der Waals surface area contributed by atoms with Crippen LogP contribution in [0, 0.1) is 40.4 Å². The fourth-order valence-electron chi connectivity index (χ4n) is 0. The summed E-state index contributed by atoms with van der Waals surface area (Å²) >= 11 is 0. The van der Waals surface area contributed by atoms with Crippen LogP contribution in [0.15, 0.2) is 0 Å². The summed E-state index contributed by atoms with van der Waals surface area (Å²) in [5, 5.41) is 0. The summed E-state index contributed by atoms with van der Waals surface area (Å²) in [5.41, 5.74) is 0. The second kappa shape index (κ2) is 26.3. The third kappa shape index (κ3) is 18.7. The molecule has 3 radical (unpaired) electrons. The molecule has 2 N–H and O–H groups in total. The first kappa shape index (κ1) is 39.9. The van der Waals surface area contributed by atoms with Gasteiger partial charge in [0.2, 0.25) is 0 Å². The van der Waals surface area contributed by atoms with E-state index < -0.39 is 0 Å². The summed E-state index contributed by atoms with van der Waals surface area (Å²) in [7, 11) is 0. The van der Waals surface area contributed by atoms with Crippen molar-refractivity contribution in [2.24, 2.45) is 0 Å². The van der Waals surface area contributed by atoms with Gasteiger partial charge in [-0.05, 0) is 0 Å². The zero-order chi connectivity index (χ0) is 0. The molecule has 5 heteroatoms. The molecule has 33 valence electrons. The second-order valence-electron chi connectivity index (χ2n) is 0. The van der Waals surface area contributed by atoms with Crippen LogP contribution in [0.5, 0.6) is 0 Å². The van der Waals surface area contributed by atoms with Gasteiger partial charge in [0.05, 0.1) is 0 Å². The molecule has 0 bridgehead atoms. The molecule has 0 fully saturated rings. The molecule has 0 unspecified atom stereocenters. The Balaban J connectivity index is 0. The zero-order valence-electron chi connectivity index (χ0n) is 2.12. The summed E-state index contributed by atoms with van der Waals surface area (Å²) in [6.45, 7) is 0. The molecular weight excluding hydrogens is 615 g/mol. The molecule has 0 saturated heterocycles. The minimum absolute atomic E-state index is 0. The van der Waals surface area contributed by atoms with Crippen LogP contribution >= 0.6 is 0 Å². The maximum atomic E-state index is 0. The summed E-state index contributed by atoms with van der Waals surface area (Å²) in [6, 6.07) is 0. The van der Waals surface area contributed by atoms with Gasteiger partial charge in [-0.15, -0.1) is 0 Å². The minimum atomic E-state index is 0. The SMILES string of the molecule is O.[Bi].[Fe].[Sm].[W]. The van der Waals surface area contributed by atoms with Crippen LogP contribution in [-0.4, -0.2) is 31.7 Å². The Morgan fingerprint density at radius 2 is 1.00 bits per heavy atom. The van der Waals surface area contributed by atoms with E-state index in [0.717, 1.165) is 0 Å². The Morgan fingerprint density at radius 1 is 1.00 bits per heavy atom. The van der Waals surface area contributed by atoms with Gasteiger partial charge in [0.15, 0.2) is 0 Å². The molecule has 0 amide bonds. The monoisotopic (exact) mass is 619 g/mol. The van der Waals surface area contributed by atoms with Crippen molar-refractivity contribution >= 4 is 26.2 Å². The van der Waals surface area contributed by atoms with Gasteiger partial charge in [0.25, 0.3) is 0 Å². The third-order valence-corrected chi connectivity index (χ3v) is 0. The first-order chi connectivity index (χ1) is 0. The van der Waals surface area contributed by atoms with Gasteiger partial charge in [0.1, 0.15) is 0 Å². The van der Waals surface area contributed by atoms with Gasteiger partial charge in [0, 0.05) is 105 Å². The van der Waals surface area contributed by atoms with Crippen molar-refractivity contribution < 1.29 is 84.0 Å². The van der Waals surface area contributed by atoms with E-state index in [4.69, 9.17) is 0 Å². The second-order valence-corrected chi connectivity index (χ2v) is 0. The van der Waals surface area contributed by atoms with Crippen molar-refractivity contribution in [3.8, 4) is 0 Å². The molecule has 0 rings (SSSR count). The molecule has 5 heavy (non-hydrogen) atoms. The van der Waals surface area contributed by atoms with Gasteiger partial charge in [-0.2, -0.15) is 0 Å². The van der Waals surface area contributed by atoms with E-state index in [1.807, 2.05) is 0 Å². The maximum absolute atomic E-state index is 0. The fraction of sp³-hybridized carbons (Fsp3) is 0. The molecule has 0 aliphatic heterocycles. The number of hydrogen-bond donors (Lipinski definition) is 0. The van der Waals surface area contributed by atoms with Crippen molar-refractivity contribution in [3.05, 3.63) is 0 Å². The van der Waals surface area contributed by atoms with Gasteiger partial charge in [-0.3, -0.25) is 0 Å². The molecule has 0 spiro atoms. The topological polar surface area (TPSA) is 31.5 Å². The van der Waals surface area contributed by atoms with E-state index in [0.29, 0.717) is 0 Å². The summed E-state index contributed by atoms with van der Waals surface area (Å²) in [5.74, 6) is 0. The molecular formula is H2BiFeOSmW. The van der Waals surface area contributed by atoms with Crippen molar-refractivity contribution in [1.82, 2.24) is 0 Å². The van der Waals surface area contributed by atoms with E-state index >= 15 is 0 Å². The van der Waals surface area contributed by atoms with Gasteiger partial charge in [-0.25, -0.2) is 0 Å². The molecule has 1 nitrogen and oxygen atoms in total. The Morgan fingerprint density at radius 3 is 1.00 bits per heavy atom. The van der Waals surface area contributed by atoms with E-state index in [1.165, 1.54) is 0 Å². The Hall–Kier alpha value is 3.39. The van der Waals surface area contributed by atoms with Gasteiger partial charge >= 0.3 is 0 Å². The summed E-state index contributed by atoms with van der Waals surface area (Å²) in [4.78, 5) is 0. The van der Waals surface area contributed by atoms with Crippen LogP contribution in [0.25, 0.3) is 0 Å². The fourth-order valence-corrected chi connectivity index (χ4v) is 0. The van der Waals surface area contributed by atoms with Crippen molar-refractivity contribution in [3.63, 3.8) is 0 Å². The summed E-state index contributed by atoms with van der Waals surface area (Å²) in [6.07, 6.45) is 0. The smallest absolute Gasteiger partial charge is 0 e. The standard InChI is InChI=1S/Bi.Fe.H2O.Sm.W/h;;1H2;;. The normalized spacial score (nSPS) is 0. The van der Waals surface area contributed by atoms with E-state index in [2.05, 4.69) is 0 Å². The zero-order valence-corrected chi connectivity index (χ0v) is 12.3. The van der Waals surface area contributed by atoms with Crippen LogP contribution in [-0.2, 0) is 38.1 Å². The van der Waals surface area contributed by atoms with E-state index in [9.17, 15) is 0 Å². The Labute approximate surface area is 108 Å². The Kier molecular flexibility index (Phi) is 209. The predicted octanol–water partition coefficient (Wildman–Crippen LogP) is -1.21. The molecule has 0 aromatic heterocycles. The van der Waals surface area contributed by atoms with Crippen molar-refractivity contribution in [1.29, 1.82) is 0 Å². The average molecular weight is 617 g/mol. The van der Waals surface area contributed by atoms with Crippen LogP contribution in [0.2, 0.25) is 0 Å². The van der Waals surface area contributed by atoms with Crippen molar-refractivity contribution in [2.75, 3.05) is 0 Å². The van der Waals surface area contributed by atoms with E-state index in [1.54, 1.807) is 0 Å². The van der Waals surface area contributed by atoms with Gasteiger partial charge in [-0.1, -0.05) is 0 Å². The van der Waals surface area contributed by atoms with Crippen LogP contribution < -0.4 is 0 Å². The predicted molar refractivity (Wildman–Crippen MR) is 9.37 cm³/mol. The van der Waals surface area contributed by atoms with Gasteiger partial charge < -0.3 is 5.48 Å². The summed E-state index contributed by atoms with van der Waals surface area (Å²) < 4.78 is 0. The van der Waals surface area contributed by atoms with Crippen molar-refractivity contribution in [2.45, 2.75) is 0 Å². The molecule has 0 aliphatic carbocycles. The van der Waals surface area contributed by atoms with E-state index in [-0.39, 0.29) is 110 Å². The quantitative estimate of drug-likeness (QED) is 0.306. The Bertz CT molecular complexity index is 11.6. The first-order valence-corrected chi connectivity index (χ1v) is 0. The molecule has 0 aliphatic rings. The molecule has 0 saturated carbocycles. The largest absolute Gasteiger partial charge is 0.412 e. The minimum Gasteiger partial charge on any atom is -0.412 e. The first-order valence-electron chi connectivity index (χ1n) is 0. The molecule has 0 aromatic rings. The number of rotatable bonds is 0. The van der Waals surface area contributed by atoms with Crippen LogP contribution in [0.3, 0.4) is 0 Å². The maximum Gasteiger partial charge on any atom is 0 e. The average Bonchev–Trinajstić information content (AvgIpc) is 0.